The third-order valence-electron chi connectivity index (χ3n) is 1.63. The van der Waals surface area contributed by atoms with E-state index in [0.29, 0.717) is 6.42 Å². The average Bonchev–Trinajstić information content (AvgIpc) is 2.12. The van der Waals surface area contributed by atoms with Crippen molar-refractivity contribution in [2.24, 2.45) is 10.7 Å². The molecule has 0 bridgehead atoms. The number of nitrogens with two attached hydrogens (primary N) is 1. The average molecular weight is 191 g/mol. The Hall–Kier alpha value is -1.40. The van der Waals surface area contributed by atoms with Crippen molar-refractivity contribution in [3.05, 3.63) is 23.4 Å². The zero-order valence-electron chi connectivity index (χ0n) is 8.99. The first kappa shape index (κ1) is 12.6. The van der Waals surface area contributed by atoms with Crippen LogP contribution >= 0.6 is 0 Å². The quantitative estimate of drug-likeness (QED) is 0.692. The highest BCUT2D eigenvalue weighted by Gasteiger charge is 2.04. The summed E-state index contributed by atoms with van der Waals surface area (Å²) < 4.78 is 0. The van der Waals surface area contributed by atoms with Crippen LogP contribution < -0.4 is 5.73 Å². The summed E-state index contributed by atoms with van der Waals surface area (Å²) in [6.45, 7) is 5.84. The fraction of sp³-hybridized carbons (Fsp3) is 0.455. The van der Waals surface area contributed by atoms with E-state index in [1.807, 2.05) is 32.9 Å². The van der Waals surface area contributed by atoms with Crippen molar-refractivity contribution in [2.75, 3.05) is 0 Å². The maximum absolute atomic E-state index is 8.48. The molecule has 0 heterocycles. The molecule has 0 aromatic heterocycles. The summed E-state index contributed by atoms with van der Waals surface area (Å²) in [5, 5.41) is 8.48. The van der Waals surface area contributed by atoms with Gasteiger partial charge in [0.2, 0.25) is 0 Å². The lowest BCUT2D eigenvalue weighted by Crippen LogP contribution is -2.22. The van der Waals surface area contributed by atoms with Gasteiger partial charge in [-0.05, 0) is 26.3 Å². The lowest BCUT2D eigenvalue weighted by atomic mass is 10.1. The molecule has 0 aliphatic carbocycles. The second kappa shape index (κ2) is 7.05. The molecule has 0 amide bonds. The van der Waals surface area contributed by atoms with Crippen molar-refractivity contribution in [3.8, 4) is 6.07 Å². The van der Waals surface area contributed by atoms with E-state index >= 15 is 0 Å². The normalized spacial score (nSPS) is 13.8. The molecule has 76 valence electrons. The number of hydrogen-bond acceptors (Lipinski definition) is 3. The van der Waals surface area contributed by atoms with Gasteiger partial charge in [-0.2, -0.15) is 5.26 Å². The van der Waals surface area contributed by atoms with Gasteiger partial charge in [-0.1, -0.05) is 11.6 Å². The van der Waals surface area contributed by atoms with Crippen LogP contribution in [-0.4, -0.2) is 12.3 Å². The van der Waals surface area contributed by atoms with Crippen molar-refractivity contribution in [3.63, 3.8) is 0 Å². The van der Waals surface area contributed by atoms with E-state index in [9.17, 15) is 0 Å². The van der Waals surface area contributed by atoms with Crippen LogP contribution in [0.3, 0.4) is 0 Å². The third-order valence-corrected chi connectivity index (χ3v) is 1.63. The molecule has 3 heteroatoms. The highest BCUT2D eigenvalue weighted by atomic mass is 14.7. The molecule has 0 aliphatic heterocycles. The van der Waals surface area contributed by atoms with Crippen LogP contribution in [0.15, 0.2) is 28.4 Å². The Bertz CT molecular complexity index is 288. The lowest BCUT2D eigenvalue weighted by molar-refractivity contribution is 0.821. The largest absolute Gasteiger partial charge is 0.323 e. The molecule has 0 saturated carbocycles. The molecule has 14 heavy (non-hydrogen) atoms. The third kappa shape index (κ3) is 5.28. The van der Waals surface area contributed by atoms with Gasteiger partial charge in [0.1, 0.15) is 0 Å². The van der Waals surface area contributed by atoms with E-state index in [1.54, 1.807) is 12.4 Å². The monoisotopic (exact) mass is 191 g/mol. The van der Waals surface area contributed by atoms with Gasteiger partial charge in [0.15, 0.2) is 0 Å². The molecule has 0 aromatic rings. The van der Waals surface area contributed by atoms with Crippen LogP contribution in [-0.2, 0) is 0 Å². The van der Waals surface area contributed by atoms with Crippen molar-refractivity contribution < 1.29 is 0 Å². The van der Waals surface area contributed by atoms with E-state index in [-0.39, 0.29) is 6.04 Å². The van der Waals surface area contributed by atoms with Gasteiger partial charge in [0, 0.05) is 18.5 Å². The van der Waals surface area contributed by atoms with Crippen LogP contribution in [0.1, 0.15) is 27.2 Å². The van der Waals surface area contributed by atoms with Crippen LogP contribution in [0.25, 0.3) is 0 Å². The molecular formula is C11H17N3. The van der Waals surface area contributed by atoms with E-state index in [0.717, 1.165) is 11.1 Å². The first-order chi connectivity index (χ1) is 6.61. The number of nitrogens with zero attached hydrogens (tertiary/aromatic N) is 2. The topological polar surface area (TPSA) is 62.2 Å². The minimum atomic E-state index is -0.237. The zero-order valence-corrected chi connectivity index (χ0v) is 8.99. The van der Waals surface area contributed by atoms with Crippen molar-refractivity contribution in [2.45, 2.75) is 33.2 Å². The highest BCUT2D eigenvalue weighted by molar-refractivity contribution is 5.80. The maximum Gasteiger partial charge on any atom is 0.0641 e. The van der Waals surface area contributed by atoms with Gasteiger partial charge in [0.25, 0.3) is 0 Å². The predicted molar refractivity (Wildman–Crippen MR) is 59.9 cm³/mol. The number of rotatable bonds is 4. The van der Waals surface area contributed by atoms with Gasteiger partial charge in [-0.3, -0.25) is 4.99 Å². The molecule has 0 fully saturated rings. The van der Waals surface area contributed by atoms with Crippen molar-refractivity contribution in [1.29, 1.82) is 5.26 Å². The first-order valence-corrected chi connectivity index (χ1v) is 4.57. The number of hydrogen-bond donors (Lipinski definition) is 1. The number of allylic oxidation sites excluding steroid dienone is 2. The van der Waals surface area contributed by atoms with E-state index in [2.05, 4.69) is 4.99 Å². The zero-order chi connectivity index (χ0) is 11.0. The molecule has 0 rings (SSSR count). The Morgan fingerprint density at radius 1 is 1.57 bits per heavy atom. The van der Waals surface area contributed by atoms with Crippen LogP contribution in [0.5, 0.6) is 0 Å². The Kier molecular flexibility index (Phi) is 6.34. The van der Waals surface area contributed by atoms with Gasteiger partial charge < -0.3 is 5.73 Å². The summed E-state index contributed by atoms with van der Waals surface area (Å²) in [4.78, 5) is 4.10. The van der Waals surface area contributed by atoms with Gasteiger partial charge in [0.05, 0.1) is 12.5 Å². The summed E-state index contributed by atoms with van der Waals surface area (Å²) in [7, 11) is 0. The molecule has 0 aliphatic rings. The van der Waals surface area contributed by atoms with Gasteiger partial charge in [-0.15, -0.1) is 0 Å². The summed E-state index contributed by atoms with van der Waals surface area (Å²) >= 11 is 0. The van der Waals surface area contributed by atoms with Crippen molar-refractivity contribution >= 4 is 6.21 Å². The predicted octanol–water partition coefficient (Wildman–Crippen LogP) is 2.17. The molecule has 0 aromatic carbocycles. The molecule has 2 N–H and O–H groups in total. The second-order valence-corrected chi connectivity index (χ2v) is 3.24. The molecule has 0 saturated heterocycles. The molecule has 0 radical (unpaired) electrons. The van der Waals surface area contributed by atoms with Gasteiger partial charge in [-0.25, -0.2) is 0 Å². The molecule has 0 spiro atoms. The minimum Gasteiger partial charge on any atom is -0.323 e. The maximum atomic E-state index is 8.48. The molecule has 1 unspecified atom stereocenters. The minimum absolute atomic E-state index is 0.237. The van der Waals surface area contributed by atoms with Crippen LogP contribution in [0, 0.1) is 11.3 Å². The Labute approximate surface area is 85.6 Å². The first-order valence-electron chi connectivity index (χ1n) is 4.57. The molecule has 3 nitrogen and oxygen atoms in total. The summed E-state index contributed by atoms with van der Waals surface area (Å²) in [6, 6.07) is 1.80. The smallest absolute Gasteiger partial charge is 0.0641 e. The Morgan fingerprint density at radius 3 is 2.64 bits per heavy atom. The molecule has 1 atom stereocenters. The van der Waals surface area contributed by atoms with Crippen LogP contribution in [0.4, 0.5) is 0 Å². The highest BCUT2D eigenvalue weighted by Crippen LogP contribution is 2.01. The summed E-state index contributed by atoms with van der Waals surface area (Å²) in [5.74, 6) is 0. The lowest BCUT2D eigenvalue weighted by Gasteiger charge is -2.06. The SMILES string of the molecule is C/C=C(\C=N/C=C(C)C)C(N)CC#N. The number of nitriles is 1. The van der Waals surface area contributed by atoms with Crippen LogP contribution in [0.2, 0.25) is 0 Å². The Morgan fingerprint density at radius 2 is 2.21 bits per heavy atom. The molecular weight excluding hydrogens is 174 g/mol. The fourth-order valence-electron chi connectivity index (χ4n) is 0.873. The Balaban J connectivity index is 4.40. The van der Waals surface area contributed by atoms with Crippen molar-refractivity contribution in [1.82, 2.24) is 0 Å². The van der Waals surface area contributed by atoms with Gasteiger partial charge >= 0.3 is 0 Å². The van der Waals surface area contributed by atoms with E-state index in [4.69, 9.17) is 11.0 Å². The fourth-order valence-corrected chi connectivity index (χ4v) is 0.873. The number of aliphatic imine (C=N–C) groups is 1. The summed E-state index contributed by atoms with van der Waals surface area (Å²) in [5.41, 5.74) is 7.78. The standard InChI is InChI=1S/C11H17N3/c1-4-10(11(13)5-6-12)8-14-7-9(2)3/h4,7-8,11H,5,13H2,1-3H3/b10-4+,14-8-. The summed E-state index contributed by atoms with van der Waals surface area (Å²) in [6.07, 6.45) is 5.67. The van der Waals surface area contributed by atoms with E-state index < -0.39 is 0 Å². The second-order valence-electron chi connectivity index (χ2n) is 3.24. The van der Waals surface area contributed by atoms with E-state index in [1.165, 1.54) is 0 Å².